The Balaban J connectivity index is 0.00000341. The van der Waals surface area contributed by atoms with Gasteiger partial charge in [0.25, 0.3) is 0 Å². The van der Waals surface area contributed by atoms with Crippen molar-refractivity contribution in [3.8, 4) is 17.2 Å². The summed E-state index contributed by atoms with van der Waals surface area (Å²) in [6.07, 6.45) is 10.6. The van der Waals surface area contributed by atoms with E-state index in [1.54, 1.807) is 7.11 Å². The topological polar surface area (TPSA) is 30.9 Å². The van der Waals surface area contributed by atoms with Gasteiger partial charge in [0, 0.05) is 0 Å². The van der Waals surface area contributed by atoms with Crippen LogP contribution < -0.4 is 14.2 Å². The van der Waals surface area contributed by atoms with Crippen molar-refractivity contribution in [1.82, 2.24) is 4.90 Å². The van der Waals surface area contributed by atoms with Crippen molar-refractivity contribution in [3.05, 3.63) is 54.1 Å². The highest BCUT2D eigenvalue weighted by molar-refractivity contribution is 5.85. The molecule has 0 N–H and O–H groups in total. The van der Waals surface area contributed by atoms with Gasteiger partial charge in [-0.1, -0.05) is 37.8 Å². The molecule has 0 bridgehead atoms. The Morgan fingerprint density at radius 3 is 1.94 bits per heavy atom. The molecule has 0 unspecified atom stereocenters. The molecule has 0 atom stereocenters. The molecule has 2 aromatic rings. The SMILES string of the molecule is COc1ccc(COc2ccc(OCCCCCCCN3CCCCC3)cc2)cc1.Cl. The molecule has 1 saturated heterocycles. The summed E-state index contributed by atoms with van der Waals surface area (Å²) >= 11 is 0. The molecular formula is C26H38ClNO3. The number of piperidine rings is 1. The molecule has 0 saturated carbocycles. The van der Waals surface area contributed by atoms with Crippen molar-refractivity contribution in [2.75, 3.05) is 33.4 Å². The van der Waals surface area contributed by atoms with Crippen LogP contribution in [0.15, 0.2) is 48.5 Å². The van der Waals surface area contributed by atoms with E-state index >= 15 is 0 Å². The fourth-order valence-electron chi connectivity index (χ4n) is 3.86. The fourth-order valence-corrected chi connectivity index (χ4v) is 3.86. The molecular weight excluding hydrogens is 410 g/mol. The van der Waals surface area contributed by atoms with E-state index in [2.05, 4.69) is 4.90 Å². The number of methoxy groups -OCH3 is 1. The predicted molar refractivity (Wildman–Crippen MR) is 130 cm³/mol. The summed E-state index contributed by atoms with van der Waals surface area (Å²) in [6, 6.07) is 15.9. The molecule has 0 spiro atoms. The fraction of sp³-hybridized carbons (Fsp3) is 0.538. The number of hydrogen-bond acceptors (Lipinski definition) is 4. The van der Waals surface area contributed by atoms with Crippen LogP contribution in [0.4, 0.5) is 0 Å². The minimum Gasteiger partial charge on any atom is -0.497 e. The van der Waals surface area contributed by atoms with E-state index in [0.717, 1.165) is 35.8 Å². The lowest BCUT2D eigenvalue weighted by molar-refractivity contribution is 0.223. The average Bonchev–Trinajstić information content (AvgIpc) is 2.81. The quantitative estimate of drug-likeness (QED) is 0.327. The smallest absolute Gasteiger partial charge is 0.120 e. The van der Waals surface area contributed by atoms with Gasteiger partial charge < -0.3 is 19.1 Å². The average molecular weight is 448 g/mol. The molecule has 1 heterocycles. The largest absolute Gasteiger partial charge is 0.497 e. The van der Waals surface area contributed by atoms with Crippen LogP contribution in [-0.4, -0.2) is 38.3 Å². The molecule has 0 amide bonds. The van der Waals surface area contributed by atoms with Crippen LogP contribution in [0.25, 0.3) is 0 Å². The van der Waals surface area contributed by atoms with Crippen molar-refractivity contribution >= 4 is 12.4 Å². The predicted octanol–water partition coefficient (Wildman–Crippen LogP) is 6.51. The van der Waals surface area contributed by atoms with Crippen molar-refractivity contribution in [2.45, 2.75) is 58.0 Å². The van der Waals surface area contributed by atoms with E-state index in [1.165, 1.54) is 64.6 Å². The number of ether oxygens (including phenoxy) is 3. The molecule has 31 heavy (non-hydrogen) atoms. The molecule has 1 fully saturated rings. The van der Waals surface area contributed by atoms with Gasteiger partial charge >= 0.3 is 0 Å². The number of rotatable bonds is 13. The Labute approximate surface area is 194 Å². The van der Waals surface area contributed by atoms with Gasteiger partial charge in [0.2, 0.25) is 0 Å². The zero-order chi connectivity index (χ0) is 20.9. The number of unbranched alkanes of at least 4 members (excludes halogenated alkanes) is 4. The summed E-state index contributed by atoms with van der Waals surface area (Å²) in [5, 5.41) is 0. The molecule has 0 aromatic heterocycles. The molecule has 0 aliphatic carbocycles. The number of hydrogen-bond donors (Lipinski definition) is 0. The first-order valence-corrected chi connectivity index (χ1v) is 11.5. The maximum Gasteiger partial charge on any atom is 0.120 e. The van der Waals surface area contributed by atoms with Gasteiger partial charge in [-0.2, -0.15) is 0 Å². The summed E-state index contributed by atoms with van der Waals surface area (Å²) in [5.41, 5.74) is 1.12. The summed E-state index contributed by atoms with van der Waals surface area (Å²) in [5.74, 6) is 2.63. The van der Waals surface area contributed by atoms with Gasteiger partial charge in [0.1, 0.15) is 23.9 Å². The van der Waals surface area contributed by atoms with Crippen molar-refractivity contribution in [1.29, 1.82) is 0 Å². The first kappa shape index (κ1) is 25.4. The van der Waals surface area contributed by atoms with Crippen molar-refractivity contribution in [2.24, 2.45) is 0 Å². The zero-order valence-corrected chi connectivity index (χ0v) is 19.7. The van der Waals surface area contributed by atoms with Crippen LogP contribution in [0.5, 0.6) is 17.2 Å². The van der Waals surface area contributed by atoms with Crippen LogP contribution in [0, 0.1) is 0 Å². The van der Waals surface area contributed by atoms with Gasteiger partial charge in [-0.3, -0.25) is 0 Å². The van der Waals surface area contributed by atoms with Gasteiger partial charge in [-0.25, -0.2) is 0 Å². The Bertz CT molecular complexity index is 700. The van der Waals surface area contributed by atoms with E-state index in [-0.39, 0.29) is 12.4 Å². The minimum absolute atomic E-state index is 0. The third-order valence-corrected chi connectivity index (χ3v) is 5.72. The summed E-state index contributed by atoms with van der Waals surface area (Å²) in [6.45, 7) is 5.27. The standard InChI is InChI=1S/C26H37NO3.ClH/c1-28-24-12-10-23(11-13-24)22-30-26-16-14-25(15-17-26)29-21-9-4-2-3-6-18-27-19-7-5-8-20-27;/h10-17H,2-9,18-22H2,1H3;1H. The number of likely N-dealkylation sites (tertiary alicyclic amines) is 1. The maximum absolute atomic E-state index is 5.87. The third kappa shape index (κ3) is 9.84. The van der Waals surface area contributed by atoms with Gasteiger partial charge in [-0.05, 0) is 87.3 Å². The molecule has 5 heteroatoms. The lowest BCUT2D eigenvalue weighted by atomic mass is 10.1. The van der Waals surface area contributed by atoms with Crippen LogP contribution in [0.1, 0.15) is 56.9 Å². The summed E-state index contributed by atoms with van der Waals surface area (Å²) < 4.78 is 16.9. The van der Waals surface area contributed by atoms with E-state index < -0.39 is 0 Å². The first-order valence-electron chi connectivity index (χ1n) is 11.5. The molecule has 1 aliphatic rings. The van der Waals surface area contributed by atoms with E-state index in [0.29, 0.717) is 6.61 Å². The Kier molecular flexibility index (Phi) is 12.3. The number of halogens is 1. The summed E-state index contributed by atoms with van der Waals surface area (Å²) in [4.78, 5) is 2.64. The molecule has 172 valence electrons. The van der Waals surface area contributed by atoms with Crippen LogP contribution in [0.3, 0.4) is 0 Å². The van der Waals surface area contributed by atoms with E-state index in [4.69, 9.17) is 14.2 Å². The number of benzene rings is 2. The molecule has 4 nitrogen and oxygen atoms in total. The first-order chi connectivity index (χ1) is 14.8. The summed E-state index contributed by atoms with van der Waals surface area (Å²) in [7, 11) is 1.67. The lowest BCUT2D eigenvalue weighted by Gasteiger charge is -2.26. The highest BCUT2D eigenvalue weighted by Gasteiger charge is 2.08. The number of nitrogens with zero attached hydrogens (tertiary/aromatic N) is 1. The Morgan fingerprint density at radius 1 is 0.677 bits per heavy atom. The van der Waals surface area contributed by atoms with E-state index in [1.807, 2.05) is 48.5 Å². The normalized spacial score (nSPS) is 14.0. The van der Waals surface area contributed by atoms with Crippen LogP contribution in [0.2, 0.25) is 0 Å². The molecule has 1 aliphatic heterocycles. The highest BCUT2D eigenvalue weighted by Crippen LogP contribution is 2.20. The Hall–Kier alpha value is -1.91. The molecule has 3 rings (SSSR count). The van der Waals surface area contributed by atoms with Gasteiger partial charge in [0.05, 0.1) is 13.7 Å². The second kappa shape index (κ2) is 15.0. The third-order valence-electron chi connectivity index (χ3n) is 5.72. The van der Waals surface area contributed by atoms with E-state index in [9.17, 15) is 0 Å². The zero-order valence-electron chi connectivity index (χ0n) is 18.9. The maximum atomic E-state index is 5.87. The second-order valence-corrected chi connectivity index (χ2v) is 8.13. The van der Waals surface area contributed by atoms with Crippen molar-refractivity contribution in [3.63, 3.8) is 0 Å². The monoisotopic (exact) mass is 447 g/mol. The lowest BCUT2D eigenvalue weighted by Crippen LogP contribution is -2.30. The highest BCUT2D eigenvalue weighted by atomic mass is 35.5. The van der Waals surface area contributed by atoms with Crippen molar-refractivity contribution < 1.29 is 14.2 Å². The molecule has 0 radical (unpaired) electrons. The minimum atomic E-state index is 0. The van der Waals surface area contributed by atoms with Gasteiger partial charge in [0.15, 0.2) is 0 Å². The van der Waals surface area contributed by atoms with Gasteiger partial charge in [-0.15, -0.1) is 12.4 Å². The Morgan fingerprint density at radius 2 is 1.26 bits per heavy atom. The molecule has 2 aromatic carbocycles. The van der Waals surface area contributed by atoms with Crippen LogP contribution >= 0.6 is 12.4 Å². The van der Waals surface area contributed by atoms with Crippen LogP contribution in [-0.2, 0) is 6.61 Å². The second-order valence-electron chi connectivity index (χ2n) is 8.13.